The van der Waals surface area contributed by atoms with Crippen LogP contribution in [-0.2, 0) is 9.53 Å². The Hall–Kier alpha value is -2.09. The van der Waals surface area contributed by atoms with Crippen LogP contribution in [0, 0.1) is 40.4 Å². The van der Waals surface area contributed by atoms with E-state index in [2.05, 4.69) is 70.0 Å². The number of aliphatic hydroxyl groups excluding tert-OH is 1. The van der Waals surface area contributed by atoms with E-state index in [-0.39, 0.29) is 27.9 Å². The minimum atomic E-state index is -0.389. The monoisotopic (exact) mass is 519 g/mol. The third kappa shape index (κ3) is 4.65. The summed E-state index contributed by atoms with van der Waals surface area (Å²) in [6.45, 7) is 11.0. The topological polar surface area (TPSA) is 49.8 Å². The molecule has 0 spiro atoms. The average Bonchev–Trinajstić information content (AvgIpc) is 3.13. The number of carbonyl (C=O) groups is 1. The van der Waals surface area contributed by atoms with Crippen molar-refractivity contribution in [2.45, 2.75) is 97.2 Å². The maximum atomic E-state index is 12.3. The van der Waals surface area contributed by atoms with E-state index in [4.69, 9.17) is 11.2 Å². The zero-order chi connectivity index (χ0) is 28.1. The van der Waals surface area contributed by atoms with Gasteiger partial charge in [0, 0.05) is 33.3 Å². The third-order valence-corrected chi connectivity index (χ3v) is 11.4. The zero-order valence-corrected chi connectivity index (χ0v) is 24.9. The largest absolute Gasteiger partial charge is 0.393 e. The van der Waals surface area contributed by atoms with Crippen molar-refractivity contribution in [3.63, 3.8) is 0 Å². The van der Waals surface area contributed by atoms with E-state index in [0.717, 1.165) is 38.5 Å². The van der Waals surface area contributed by atoms with Crippen molar-refractivity contribution in [3.8, 4) is 12.3 Å². The fraction of sp³-hybridized carbons (Fsp3) is 0.676. The predicted octanol–water partition coefficient (Wildman–Crippen LogP) is 6.77. The number of benzene rings is 1. The molecule has 0 aromatic heterocycles. The maximum Gasteiger partial charge on any atom is 0.155 e. The summed E-state index contributed by atoms with van der Waals surface area (Å²) in [7, 11) is 5.77. The highest BCUT2D eigenvalue weighted by molar-refractivity contribution is 5.91. The van der Waals surface area contributed by atoms with E-state index in [0.29, 0.717) is 30.0 Å². The van der Waals surface area contributed by atoms with Crippen LogP contribution in [0.1, 0.15) is 91.0 Å². The zero-order valence-electron chi connectivity index (χ0n) is 24.9. The molecule has 5 rings (SSSR count). The molecule has 0 heterocycles. The second-order valence-corrected chi connectivity index (χ2v) is 13.8. The van der Waals surface area contributed by atoms with Crippen molar-refractivity contribution in [1.82, 2.24) is 0 Å². The van der Waals surface area contributed by atoms with Crippen LogP contribution in [0.15, 0.2) is 35.9 Å². The summed E-state index contributed by atoms with van der Waals surface area (Å²) in [5.74, 6) is 4.35. The van der Waals surface area contributed by atoms with Gasteiger partial charge in [0.25, 0.3) is 0 Å². The molecule has 4 nitrogen and oxygen atoms in total. The van der Waals surface area contributed by atoms with Gasteiger partial charge in [0.1, 0.15) is 5.60 Å². The molecule has 0 bridgehead atoms. The van der Waals surface area contributed by atoms with E-state index < -0.39 is 0 Å². The van der Waals surface area contributed by atoms with Crippen LogP contribution < -0.4 is 4.90 Å². The Morgan fingerprint density at radius 1 is 1.05 bits per heavy atom. The van der Waals surface area contributed by atoms with Gasteiger partial charge in [-0.25, -0.2) is 0 Å². The Balaban J connectivity index is 0.000000426. The normalized spacial score (nSPS) is 38.0. The Bertz CT molecular complexity index is 1110. The molecule has 38 heavy (non-hydrogen) atoms. The number of nitrogens with zero attached hydrogens (tertiary/aromatic N) is 1. The number of ketones is 1. The van der Waals surface area contributed by atoms with Gasteiger partial charge in [0.15, 0.2) is 5.78 Å². The molecule has 7 unspecified atom stereocenters. The van der Waals surface area contributed by atoms with Crippen LogP contribution in [0.3, 0.4) is 0 Å². The number of anilines is 1. The molecule has 3 saturated carbocycles. The van der Waals surface area contributed by atoms with Crippen LogP contribution in [0.4, 0.5) is 5.69 Å². The summed E-state index contributed by atoms with van der Waals surface area (Å²) < 4.78 is 4.85. The highest BCUT2D eigenvalue weighted by Crippen LogP contribution is 2.73. The van der Waals surface area contributed by atoms with E-state index in [1.54, 1.807) is 7.11 Å². The number of aliphatic hydroxyl groups is 1. The van der Waals surface area contributed by atoms with Crippen LogP contribution in [-0.4, -0.2) is 43.8 Å². The lowest BCUT2D eigenvalue weighted by atomic mass is 9.39. The molecule has 0 aliphatic heterocycles. The third-order valence-electron chi connectivity index (χ3n) is 11.4. The molecule has 3 fully saturated rings. The fourth-order valence-corrected chi connectivity index (χ4v) is 8.47. The second-order valence-electron chi connectivity index (χ2n) is 13.8. The number of hydrogen-bond donors (Lipinski definition) is 1. The molecule has 1 aromatic carbocycles. The molecule has 0 amide bonds. The summed E-state index contributed by atoms with van der Waals surface area (Å²) in [4.78, 5) is 14.5. The van der Waals surface area contributed by atoms with Crippen molar-refractivity contribution in [3.05, 3.63) is 41.5 Å². The Morgan fingerprint density at radius 3 is 2.26 bits per heavy atom. The van der Waals surface area contributed by atoms with Gasteiger partial charge in [-0.1, -0.05) is 44.4 Å². The molecule has 1 N–H and O–H groups in total. The minimum Gasteiger partial charge on any atom is -0.393 e. The van der Waals surface area contributed by atoms with Gasteiger partial charge in [-0.3, -0.25) is 4.79 Å². The number of terminal acetylenes is 1. The van der Waals surface area contributed by atoms with E-state index in [1.165, 1.54) is 16.8 Å². The lowest BCUT2D eigenvalue weighted by Crippen LogP contribution is -2.58. The smallest absolute Gasteiger partial charge is 0.155 e. The summed E-state index contributed by atoms with van der Waals surface area (Å²) in [6.07, 6.45) is 13.8. The average molecular weight is 520 g/mol. The standard InChI is InChI=1S/C28H39NO2.C6H10O/c1-26-14-12-21(30)16-19(26)8-11-23-25(26)22(18-6-9-20(10-7-18)29(4)5)17-28(3)24(31)13-15-27(23,28)2;1-5-6(2,3)7-4/h6-7,9-10,16,22-25,31H,8,11-15,17H2,1-5H3;1H,2-4H3. The number of hydrogen-bond acceptors (Lipinski definition) is 4. The van der Waals surface area contributed by atoms with Gasteiger partial charge >= 0.3 is 0 Å². The summed E-state index contributed by atoms with van der Waals surface area (Å²) >= 11 is 0. The lowest BCUT2D eigenvalue weighted by Gasteiger charge is -2.65. The Kier molecular flexibility index (Phi) is 7.72. The Morgan fingerprint density at radius 2 is 1.71 bits per heavy atom. The molecule has 1 aromatic rings. The fourth-order valence-electron chi connectivity index (χ4n) is 8.47. The highest BCUT2D eigenvalue weighted by atomic mass is 16.5. The molecular weight excluding hydrogens is 470 g/mol. The van der Waals surface area contributed by atoms with Gasteiger partial charge in [-0.15, -0.1) is 6.42 Å². The summed E-state index contributed by atoms with van der Waals surface area (Å²) in [6, 6.07) is 9.16. The van der Waals surface area contributed by atoms with Crippen LogP contribution in [0.25, 0.3) is 0 Å². The first kappa shape index (κ1) is 28.9. The van der Waals surface area contributed by atoms with Gasteiger partial charge in [0.05, 0.1) is 6.10 Å². The molecular formula is C34H49NO3. The number of fused-ring (bicyclic) bond motifs is 5. The highest BCUT2D eigenvalue weighted by Gasteiger charge is 2.67. The number of rotatable bonds is 3. The van der Waals surface area contributed by atoms with Crippen molar-refractivity contribution < 1.29 is 14.6 Å². The van der Waals surface area contributed by atoms with Crippen molar-refractivity contribution in [2.75, 3.05) is 26.1 Å². The molecule has 0 saturated heterocycles. The molecule has 4 heteroatoms. The quantitative estimate of drug-likeness (QED) is 0.448. The number of methoxy groups -OCH3 is 1. The molecule has 4 aliphatic carbocycles. The first-order chi connectivity index (χ1) is 17.7. The van der Waals surface area contributed by atoms with Crippen LogP contribution in [0.5, 0.6) is 0 Å². The summed E-state index contributed by atoms with van der Waals surface area (Å²) in [5, 5.41) is 11.2. The van der Waals surface area contributed by atoms with E-state index in [9.17, 15) is 9.90 Å². The minimum absolute atomic E-state index is 0.0406. The van der Waals surface area contributed by atoms with E-state index in [1.807, 2.05) is 19.9 Å². The first-order valence-electron chi connectivity index (χ1n) is 14.4. The number of carbonyl (C=O) groups excluding carboxylic acids is 1. The first-order valence-corrected chi connectivity index (χ1v) is 14.4. The maximum absolute atomic E-state index is 12.3. The van der Waals surface area contributed by atoms with E-state index >= 15 is 0 Å². The Labute approximate surface area is 231 Å². The predicted molar refractivity (Wildman–Crippen MR) is 156 cm³/mol. The van der Waals surface area contributed by atoms with Gasteiger partial charge in [-0.2, -0.15) is 0 Å². The van der Waals surface area contributed by atoms with Crippen LogP contribution in [0.2, 0.25) is 0 Å². The second kappa shape index (κ2) is 10.1. The lowest BCUT2D eigenvalue weighted by molar-refractivity contribution is -0.141. The molecule has 208 valence electrons. The van der Waals surface area contributed by atoms with Gasteiger partial charge < -0.3 is 14.7 Å². The van der Waals surface area contributed by atoms with Crippen molar-refractivity contribution >= 4 is 11.5 Å². The van der Waals surface area contributed by atoms with Crippen LogP contribution >= 0.6 is 0 Å². The number of allylic oxidation sites excluding steroid dienone is 1. The van der Waals surface area contributed by atoms with Gasteiger partial charge in [-0.05, 0) is 110 Å². The number of ether oxygens (including phenoxy) is 1. The SMILES string of the molecule is C#CC(C)(C)OC.CN(C)c1ccc(C2CC3(C)C(O)CCC3(C)C3CCC4=CC(=O)CCC4(C)C23)cc1. The molecule has 7 atom stereocenters. The van der Waals surface area contributed by atoms with Crippen molar-refractivity contribution in [1.29, 1.82) is 0 Å². The molecule has 0 radical (unpaired) electrons. The van der Waals surface area contributed by atoms with Gasteiger partial charge in [0.2, 0.25) is 0 Å². The summed E-state index contributed by atoms with van der Waals surface area (Å²) in [5.41, 5.74) is 3.90. The molecule has 4 aliphatic rings. The van der Waals surface area contributed by atoms with Crippen molar-refractivity contribution in [2.24, 2.45) is 28.1 Å².